The number of carboxylic acids is 1. The highest BCUT2D eigenvalue weighted by atomic mass is 32.1. The molecule has 2 aromatic rings. The van der Waals surface area contributed by atoms with Crippen LogP contribution in [-0.4, -0.2) is 35.5 Å². The molecule has 6 nitrogen and oxygen atoms in total. The Kier molecular flexibility index (Phi) is 5.08. The van der Waals surface area contributed by atoms with E-state index in [9.17, 15) is 14.7 Å². The van der Waals surface area contributed by atoms with Crippen LogP contribution in [0, 0.1) is 5.92 Å². The molecule has 0 aliphatic carbocycles. The molecule has 3 heterocycles. The van der Waals surface area contributed by atoms with E-state index in [-0.39, 0.29) is 23.8 Å². The summed E-state index contributed by atoms with van der Waals surface area (Å²) in [5.74, 6) is -0.552. The lowest BCUT2D eigenvalue weighted by Gasteiger charge is -2.37. The Labute approximate surface area is 173 Å². The number of carbonyl (C=O) groups excluding carboxylic acids is 1. The number of carboxylic acid groups (broad SMARTS) is 1. The molecule has 0 radical (unpaired) electrons. The van der Waals surface area contributed by atoms with E-state index in [0.29, 0.717) is 23.7 Å². The van der Waals surface area contributed by atoms with E-state index in [1.165, 1.54) is 0 Å². The molecule has 4 rings (SSSR count). The van der Waals surface area contributed by atoms with E-state index in [1.807, 2.05) is 54.5 Å². The fraction of sp³-hybridized carbons (Fsp3) is 0.364. The number of thiophene rings is 1. The highest BCUT2D eigenvalue weighted by Gasteiger charge is 2.42. The van der Waals surface area contributed by atoms with Gasteiger partial charge in [-0.15, -0.1) is 11.3 Å². The highest BCUT2D eigenvalue weighted by Crippen LogP contribution is 2.50. The van der Waals surface area contributed by atoms with Crippen LogP contribution in [0.25, 0.3) is 0 Å². The van der Waals surface area contributed by atoms with E-state index in [2.05, 4.69) is 5.32 Å². The minimum absolute atomic E-state index is 0.0396. The summed E-state index contributed by atoms with van der Waals surface area (Å²) in [6.07, 6.45) is 2.59. The molecule has 152 valence electrons. The Morgan fingerprint density at radius 3 is 2.76 bits per heavy atom. The fourth-order valence-corrected chi connectivity index (χ4v) is 4.97. The smallest absolute Gasteiger partial charge is 0.351 e. The van der Waals surface area contributed by atoms with Crippen molar-refractivity contribution in [1.82, 2.24) is 4.90 Å². The van der Waals surface area contributed by atoms with Crippen molar-refractivity contribution in [3.63, 3.8) is 0 Å². The number of anilines is 1. The van der Waals surface area contributed by atoms with Gasteiger partial charge in [-0.25, -0.2) is 4.79 Å². The zero-order valence-electron chi connectivity index (χ0n) is 16.6. The summed E-state index contributed by atoms with van der Waals surface area (Å²) in [5.41, 5.74) is 3.15. The number of fused-ring (bicyclic) bond motifs is 3. The number of carbonyl (C=O) groups is 2. The Hall–Kier alpha value is -2.80. The van der Waals surface area contributed by atoms with Crippen molar-refractivity contribution in [2.24, 2.45) is 5.92 Å². The number of hydrogen-bond donors (Lipinski definition) is 2. The van der Waals surface area contributed by atoms with Gasteiger partial charge in [-0.2, -0.15) is 0 Å². The van der Waals surface area contributed by atoms with Crippen molar-refractivity contribution in [2.75, 3.05) is 19.0 Å². The Morgan fingerprint density at radius 1 is 1.34 bits per heavy atom. The van der Waals surface area contributed by atoms with Crippen molar-refractivity contribution in [3.05, 3.63) is 57.4 Å². The van der Waals surface area contributed by atoms with Crippen molar-refractivity contribution in [1.29, 1.82) is 0 Å². The molecule has 2 atom stereocenters. The number of nitrogens with zero attached hydrogens (tertiary/aromatic N) is 1. The summed E-state index contributed by atoms with van der Waals surface area (Å²) < 4.78 is 5.53. The molecule has 2 N–H and O–H groups in total. The van der Waals surface area contributed by atoms with Crippen LogP contribution in [-0.2, 0) is 16.0 Å². The molecular weight excluding hydrogens is 388 g/mol. The minimum atomic E-state index is -0.903. The van der Waals surface area contributed by atoms with Gasteiger partial charge in [0.15, 0.2) is 0 Å². The Morgan fingerprint density at radius 2 is 2.14 bits per heavy atom. The van der Waals surface area contributed by atoms with Crippen molar-refractivity contribution in [2.45, 2.75) is 32.2 Å². The Balaban J connectivity index is 1.81. The third-order valence-corrected chi connectivity index (χ3v) is 6.57. The number of methoxy groups -OCH3 is 1. The van der Waals surface area contributed by atoms with Crippen LogP contribution in [0.1, 0.15) is 41.8 Å². The molecule has 1 aromatic heterocycles. The normalized spacial score (nSPS) is 20.1. The van der Waals surface area contributed by atoms with Gasteiger partial charge in [0.25, 0.3) is 0 Å². The van der Waals surface area contributed by atoms with Gasteiger partial charge in [-0.05, 0) is 47.2 Å². The number of nitrogens with one attached hydrogen (secondary N) is 1. The topological polar surface area (TPSA) is 78.9 Å². The second kappa shape index (κ2) is 7.55. The molecule has 2 unspecified atom stereocenters. The van der Waals surface area contributed by atoms with E-state index in [0.717, 1.165) is 22.4 Å². The average Bonchev–Trinajstić information content (AvgIpc) is 3.34. The van der Waals surface area contributed by atoms with Crippen LogP contribution in [0.5, 0.6) is 5.75 Å². The monoisotopic (exact) mass is 412 g/mol. The van der Waals surface area contributed by atoms with Crippen LogP contribution in [0.4, 0.5) is 5.69 Å². The number of rotatable bonds is 5. The van der Waals surface area contributed by atoms with Crippen LogP contribution in [0.15, 0.2) is 41.4 Å². The van der Waals surface area contributed by atoms with Gasteiger partial charge in [0.2, 0.25) is 5.91 Å². The van der Waals surface area contributed by atoms with Gasteiger partial charge in [-0.3, -0.25) is 4.79 Å². The fourth-order valence-electron chi connectivity index (χ4n) is 4.15. The molecule has 0 bridgehead atoms. The van der Waals surface area contributed by atoms with Gasteiger partial charge < -0.3 is 20.1 Å². The largest absolute Gasteiger partial charge is 0.495 e. The SMILES string of the molecule is COc1cc2c(cc1NC(=O)C(C)C)C1C(c3cccs3)C=C(C(=O)O)N1CC2. The lowest BCUT2D eigenvalue weighted by atomic mass is 9.85. The number of aliphatic carboxylic acids is 1. The van der Waals surface area contributed by atoms with E-state index in [1.54, 1.807) is 18.4 Å². The summed E-state index contributed by atoms with van der Waals surface area (Å²) in [5, 5.41) is 14.7. The molecular formula is C22H24N2O4S. The summed E-state index contributed by atoms with van der Waals surface area (Å²) in [4.78, 5) is 27.3. The third-order valence-electron chi connectivity index (χ3n) is 5.60. The zero-order chi connectivity index (χ0) is 20.7. The maximum absolute atomic E-state index is 12.3. The van der Waals surface area contributed by atoms with Crippen LogP contribution in [0.2, 0.25) is 0 Å². The standard InChI is InChI=1S/C22H24N2O4S/c1-12(2)21(25)23-16-10-14-13(9-18(16)28-3)6-7-24-17(22(26)27)11-15(20(14)24)19-5-4-8-29-19/h4-5,8-12,15,20H,6-7H2,1-3H3,(H,23,25)(H,26,27). The van der Waals surface area contributed by atoms with E-state index >= 15 is 0 Å². The van der Waals surface area contributed by atoms with Crippen molar-refractivity contribution in [3.8, 4) is 5.75 Å². The predicted molar refractivity (Wildman–Crippen MR) is 112 cm³/mol. The molecule has 7 heteroatoms. The lowest BCUT2D eigenvalue weighted by Crippen LogP contribution is -2.35. The number of benzene rings is 1. The molecule has 29 heavy (non-hydrogen) atoms. The molecule has 0 fully saturated rings. The van der Waals surface area contributed by atoms with Gasteiger partial charge >= 0.3 is 5.97 Å². The molecule has 2 aliphatic heterocycles. The molecule has 1 amide bonds. The molecule has 0 spiro atoms. The molecule has 0 saturated heterocycles. The van der Waals surface area contributed by atoms with E-state index in [4.69, 9.17) is 4.74 Å². The third kappa shape index (κ3) is 3.40. The Bertz CT molecular complexity index is 981. The van der Waals surface area contributed by atoms with Gasteiger partial charge in [0, 0.05) is 23.3 Å². The number of hydrogen-bond acceptors (Lipinski definition) is 5. The molecule has 0 saturated carbocycles. The summed E-state index contributed by atoms with van der Waals surface area (Å²) in [7, 11) is 1.59. The van der Waals surface area contributed by atoms with Crippen LogP contribution in [0.3, 0.4) is 0 Å². The first kappa shape index (κ1) is 19.5. The molecule has 2 aliphatic rings. The average molecular weight is 413 g/mol. The van der Waals surface area contributed by atoms with Gasteiger partial charge in [-0.1, -0.05) is 19.9 Å². The van der Waals surface area contributed by atoms with Crippen molar-refractivity contribution < 1.29 is 19.4 Å². The second-order valence-electron chi connectivity index (χ2n) is 7.68. The first-order valence-electron chi connectivity index (χ1n) is 9.67. The van der Waals surface area contributed by atoms with Crippen LogP contribution < -0.4 is 10.1 Å². The van der Waals surface area contributed by atoms with Gasteiger partial charge in [0.05, 0.1) is 18.8 Å². The number of ether oxygens (including phenoxy) is 1. The van der Waals surface area contributed by atoms with Gasteiger partial charge in [0.1, 0.15) is 11.4 Å². The summed E-state index contributed by atoms with van der Waals surface area (Å²) >= 11 is 1.63. The second-order valence-corrected chi connectivity index (χ2v) is 8.66. The quantitative estimate of drug-likeness (QED) is 0.776. The summed E-state index contributed by atoms with van der Waals surface area (Å²) in [6, 6.07) is 7.87. The van der Waals surface area contributed by atoms with Crippen LogP contribution >= 0.6 is 11.3 Å². The minimum Gasteiger partial charge on any atom is -0.495 e. The molecule has 1 aromatic carbocycles. The first-order valence-corrected chi connectivity index (χ1v) is 10.6. The summed E-state index contributed by atoms with van der Waals surface area (Å²) in [6.45, 7) is 4.32. The predicted octanol–water partition coefficient (Wildman–Crippen LogP) is 4.02. The number of amides is 1. The maximum Gasteiger partial charge on any atom is 0.351 e. The first-order chi connectivity index (χ1) is 13.9. The van der Waals surface area contributed by atoms with Crippen molar-refractivity contribution >= 4 is 28.9 Å². The highest BCUT2D eigenvalue weighted by molar-refractivity contribution is 7.10. The maximum atomic E-state index is 12.3. The lowest BCUT2D eigenvalue weighted by molar-refractivity contribution is -0.134. The van der Waals surface area contributed by atoms with E-state index < -0.39 is 5.97 Å². The zero-order valence-corrected chi connectivity index (χ0v) is 17.5.